The lowest BCUT2D eigenvalue weighted by Crippen LogP contribution is -2.29. The van der Waals surface area contributed by atoms with Gasteiger partial charge in [0.15, 0.2) is 4.80 Å². The molecule has 1 amide bonds. The number of halogens is 1. The van der Waals surface area contributed by atoms with Crippen molar-refractivity contribution in [3.05, 3.63) is 116 Å². The summed E-state index contributed by atoms with van der Waals surface area (Å²) in [5, 5.41) is 5.58. The van der Waals surface area contributed by atoms with Gasteiger partial charge in [0.05, 0.1) is 5.69 Å². The first-order valence-corrected chi connectivity index (χ1v) is 12.5. The van der Waals surface area contributed by atoms with Gasteiger partial charge in [-0.25, -0.2) is 4.99 Å². The lowest BCUT2D eigenvalue weighted by molar-refractivity contribution is 0.0941. The number of amides is 1. The van der Waals surface area contributed by atoms with Gasteiger partial charge in [-0.1, -0.05) is 66.2 Å². The van der Waals surface area contributed by atoms with E-state index >= 15 is 0 Å². The maximum absolute atomic E-state index is 13.1. The molecule has 3 N–H and O–H groups in total. The minimum absolute atomic E-state index is 0.126. The number of hydrogen-bond acceptors (Lipinski definition) is 4. The Morgan fingerprint density at radius 2 is 1.59 bits per heavy atom. The van der Waals surface area contributed by atoms with Crippen LogP contribution in [0.5, 0.6) is 0 Å². The molecule has 0 atom stereocenters. The molecule has 0 aliphatic carbocycles. The molecule has 0 fully saturated rings. The van der Waals surface area contributed by atoms with E-state index in [4.69, 9.17) is 22.3 Å². The number of rotatable bonds is 9. The molecule has 0 saturated heterocycles. The third-order valence-electron chi connectivity index (χ3n) is 5.46. The molecule has 7 heteroatoms. The fourth-order valence-electron chi connectivity index (χ4n) is 3.59. The summed E-state index contributed by atoms with van der Waals surface area (Å²) in [6.07, 6.45) is 1.64. The van der Waals surface area contributed by atoms with E-state index in [1.54, 1.807) is 0 Å². The van der Waals surface area contributed by atoms with E-state index in [9.17, 15) is 4.79 Å². The number of aryl methyl sites for hydroxylation is 1. The zero-order chi connectivity index (χ0) is 23.8. The van der Waals surface area contributed by atoms with Crippen molar-refractivity contribution in [3.8, 4) is 0 Å². The molecule has 0 saturated carbocycles. The first kappa shape index (κ1) is 24.0. The lowest BCUT2D eigenvalue weighted by Gasteiger charge is -2.10. The molecule has 0 unspecified atom stereocenters. The fourth-order valence-corrected chi connectivity index (χ4v) is 4.64. The van der Waals surface area contributed by atoms with Crippen molar-refractivity contribution in [2.75, 3.05) is 6.54 Å². The van der Waals surface area contributed by atoms with Gasteiger partial charge >= 0.3 is 0 Å². The fraction of sp³-hybridized carbons (Fsp3) is 0.185. The Hall–Kier alpha value is -3.19. The van der Waals surface area contributed by atoms with Gasteiger partial charge in [0.1, 0.15) is 5.69 Å². The van der Waals surface area contributed by atoms with Crippen molar-refractivity contribution in [2.24, 2.45) is 10.7 Å². The number of carbonyl (C=O) groups is 1. The van der Waals surface area contributed by atoms with Crippen LogP contribution in [-0.2, 0) is 25.9 Å². The van der Waals surface area contributed by atoms with Gasteiger partial charge in [0.25, 0.3) is 5.91 Å². The Kier molecular flexibility index (Phi) is 8.31. The van der Waals surface area contributed by atoms with Crippen LogP contribution in [-0.4, -0.2) is 17.0 Å². The summed E-state index contributed by atoms with van der Waals surface area (Å²) >= 11 is 7.44. The molecule has 4 rings (SSSR count). The van der Waals surface area contributed by atoms with Crippen LogP contribution in [0.3, 0.4) is 0 Å². The molecule has 4 aromatic rings. The van der Waals surface area contributed by atoms with Crippen LogP contribution < -0.4 is 15.9 Å². The summed E-state index contributed by atoms with van der Waals surface area (Å²) in [6, 6.07) is 25.8. The number of aromatic nitrogens is 1. The van der Waals surface area contributed by atoms with Crippen LogP contribution in [0, 0.1) is 0 Å². The number of nitrogens with zero attached hydrogens (tertiary/aromatic N) is 2. The number of benzene rings is 3. The lowest BCUT2D eigenvalue weighted by atomic mass is 10.1. The normalized spacial score (nSPS) is 11.5. The summed E-state index contributed by atoms with van der Waals surface area (Å²) in [4.78, 5) is 18.7. The molecule has 174 valence electrons. The van der Waals surface area contributed by atoms with Crippen LogP contribution in [0.25, 0.3) is 0 Å². The van der Waals surface area contributed by atoms with Crippen LogP contribution in [0.1, 0.15) is 27.2 Å². The van der Waals surface area contributed by atoms with E-state index in [-0.39, 0.29) is 5.91 Å². The summed E-state index contributed by atoms with van der Waals surface area (Å²) in [6.45, 7) is 1.70. The first-order valence-electron chi connectivity index (χ1n) is 11.2. The summed E-state index contributed by atoms with van der Waals surface area (Å²) < 4.78 is 2.00. The Bertz CT molecular complexity index is 1280. The number of thiazole rings is 1. The number of nitrogens with two attached hydrogens (primary N) is 1. The number of carbonyl (C=O) groups excluding carboxylic acids is 1. The zero-order valence-electron chi connectivity index (χ0n) is 18.8. The Balaban J connectivity index is 1.59. The maximum atomic E-state index is 13.1. The van der Waals surface area contributed by atoms with Crippen molar-refractivity contribution in [2.45, 2.75) is 25.9 Å². The maximum Gasteiger partial charge on any atom is 0.269 e. The van der Waals surface area contributed by atoms with Gasteiger partial charge in [-0.15, -0.1) is 11.3 Å². The molecule has 0 radical (unpaired) electrons. The molecule has 0 aliphatic heterocycles. The Morgan fingerprint density at radius 3 is 2.29 bits per heavy atom. The molecular formula is C27H27ClN4OS. The highest BCUT2D eigenvalue weighted by Gasteiger charge is 2.14. The highest BCUT2D eigenvalue weighted by Crippen LogP contribution is 2.15. The van der Waals surface area contributed by atoms with Crippen molar-refractivity contribution >= 4 is 34.5 Å². The minimum atomic E-state index is -0.126. The molecule has 0 spiro atoms. The van der Waals surface area contributed by atoms with Crippen molar-refractivity contribution in [1.29, 1.82) is 0 Å². The first-order chi connectivity index (χ1) is 16.6. The van der Waals surface area contributed by atoms with Crippen LogP contribution in [0.4, 0.5) is 5.69 Å². The van der Waals surface area contributed by atoms with E-state index < -0.39 is 0 Å². The van der Waals surface area contributed by atoms with E-state index in [0.29, 0.717) is 30.4 Å². The van der Waals surface area contributed by atoms with Crippen LogP contribution >= 0.6 is 22.9 Å². The standard InChI is InChI=1S/C27H27ClN4OS/c28-23-10-6-22(7-11-23)18-30-26(33)25-19-34-27(31-24-12-8-21(9-13-24)14-16-29)32(25)17-15-20-4-2-1-3-5-20/h1-13,19H,14-18,29H2,(H,30,33)/b31-27-. The second-order valence-electron chi connectivity index (χ2n) is 7.92. The van der Waals surface area contributed by atoms with Gasteiger partial charge in [-0.3, -0.25) is 4.79 Å². The Labute approximate surface area is 208 Å². The summed E-state index contributed by atoms with van der Waals surface area (Å²) in [7, 11) is 0. The largest absolute Gasteiger partial charge is 0.347 e. The van der Waals surface area contributed by atoms with Crippen molar-refractivity contribution in [3.63, 3.8) is 0 Å². The molecule has 1 aromatic heterocycles. The second kappa shape index (κ2) is 11.8. The number of hydrogen-bond donors (Lipinski definition) is 2. The molecule has 0 aliphatic rings. The van der Waals surface area contributed by atoms with Crippen LogP contribution in [0.15, 0.2) is 89.2 Å². The third-order valence-corrected chi connectivity index (χ3v) is 6.57. The molecule has 0 bridgehead atoms. The second-order valence-corrected chi connectivity index (χ2v) is 9.19. The predicted molar refractivity (Wildman–Crippen MR) is 140 cm³/mol. The smallest absolute Gasteiger partial charge is 0.269 e. The molecular weight excluding hydrogens is 464 g/mol. The quantitative estimate of drug-likeness (QED) is 0.342. The van der Waals surface area contributed by atoms with E-state index in [1.807, 2.05) is 76.7 Å². The van der Waals surface area contributed by atoms with E-state index in [0.717, 1.165) is 28.9 Å². The molecule has 1 heterocycles. The summed E-state index contributed by atoms with van der Waals surface area (Å²) in [5.74, 6) is -0.126. The van der Waals surface area contributed by atoms with Crippen molar-refractivity contribution < 1.29 is 4.79 Å². The highest BCUT2D eigenvalue weighted by molar-refractivity contribution is 7.07. The van der Waals surface area contributed by atoms with E-state index in [1.165, 1.54) is 22.5 Å². The topological polar surface area (TPSA) is 72.4 Å². The van der Waals surface area contributed by atoms with E-state index in [2.05, 4.69) is 17.4 Å². The van der Waals surface area contributed by atoms with Crippen LogP contribution in [0.2, 0.25) is 5.02 Å². The van der Waals surface area contributed by atoms with Gasteiger partial charge < -0.3 is 15.6 Å². The zero-order valence-corrected chi connectivity index (χ0v) is 20.4. The average Bonchev–Trinajstić information content (AvgIpc) is 3.26. The number of nitrogens with one attached hydrogen (secondary N) is 1. The van der Waals surface area contributed by atoms with Crippen molar-refractivity contribution in [1.82, 2.24) is 9.88 Å². The Morgan fingerprint density at radius 1 is 0.912 bits per heavy atom. The highest BCUT2D eigenvalue weighted by atomic mass is 35.5. The molecule has 34 heavy (non-hydrogen) atoms. The predicted octanol–water partition coefficient (Wildman–Crippen LogP) is 5.11. The SMILES string of the molecule is NCCc1ccc(/N=c2\scc(C(=O)NCc3ccc(Cl)cc3)n2CCc2ccccc2)cc1. The monoisotopic (exact) mass is 490 g/mol. The van der Waals surface area contributed by atoms with Gasteiger partial charge in [-0.2, -0.15) is 0 Å². The molecule has 3 aromatic carbocycles. The van der Waals surface area contributed by atoms with Gasteiger partial charge in [0.2, 0.25) is 0 Å². The van der Waals surface area contributed by atoms with Gasteiger partial charge in [-0.05, 0) is 60.3 Å². The summed E-state index contributed by atoms with van der Waals surface area (Å²) in [5.41, 5.74) is 10.5. The van der Waals surface area contributed by atoms with Gasteiger partial charge in [0, 0.05) is 23.5 Å². The average molecular weight is 491 g/mol. The third kappa shape index (κ3) is 6.44. The molecule has 5 nitrogen and oxygen atoms in total. The minimum Gasteiger partial charge on any atom is -0.347 e.